The van der Waals surface area contributed by atoms with Crippen LogP contribution in [0.3, 0.4) is 0 Å². The number of para-hydroxylation sites is 9. The Morgan fingerprint density at radius 1 is 0.218 bits per heavy atom. The van der Waals surface area contributed by atoms with E-state index in [-0.39, 0.29) is 34.5 Å². The van der Waals surface area contributed by atoms with Crippen LogP contribution in [0.4, 0.5) is 62.6 Å². The Morgan fingerprint density at radius 3 is 0.736 bits per heavy atom. The molecular formula is C76H57N6O5+. The zero-order valence-electron chi connectivity index (χ0n) is 47.1. The molecule has 11 nitrogen and oxygen atoms in total. The Hall–Kier alpha value is -12.1. The Bertz CT molecular complexity index is 4080. The van der Waals surface area contributed by atoms with Crippen molar-refractivity contribution in [2.75, 3.05) is 24.6 Å². The molecule has 12 rings (SSSR count). The topological polar surface area (TPSA) is 105 Å². The number of hydrogen-bond acceptors (Lipinski definition) is 5. The van der Waals surface area contributed by atoms with Gasteiger partial charge >= 0.3 is 5.69 Å². The SMILES string of the molecule is O=C(c1ccc(N(C(=O)c2ccccc2)c2ccccc2)cc1)N(c1ccccc1)c1ccccc1.O=C(c1ccc([N+](=O)N(c2ccccc2)c2ccccc2)c(C(=O)N(c2ccccc2)c2ccccc2)c1)N(c1ccccc1)c1ccccc1. The van der Waals surface area contributed by atoms with Gasteiger partial charge in [-0.3, -0.25) is 38.8 Å². The molecule has 0 aliphatic carbocycles. The molecule has 0 fully saturated rings. The van der Waals surface area contributed by atoms with Crippen molar-refractivity contribution in [1.29, 1.82) is 0 Å². The standard InChI is InChI=1S/C44H33N4O3.C32H24N2O2/c49-43(45(35-19-7-1-8-20-35)36-21-9-2-10-22-36)34-31-32-42(48(51)47(39-27-15-5-16-28-39)40-29-17-6-18-30-40)41(33-34)44(50)46(37-23-11-3-12-24-37)38-25-13-4-14-26-38;35-31(25-13-5-1-6-14-25)34(29-19-11-4-12-20-29)30-23-21-26(22-24-30)32(36)33(27-15-7-2-8-16-27)28-17-9-3-10-18-28/h1-33H;1-24H/q+1;. The van der Waals surface area contributed by atoms with Crippen molar-refractivity contribution >= 4 is 86.2 Å². The van der Waals surface area contributed by atoms with E-state index in [1.165, 1.54) is 11.1 Å². The number of nitroso groups, excluding NO2 is 1. The fourth-order valence-electron chi connectivity index (χ4n) is 10.0. The Morgan fingerprint density at radius 2 is 0.437 bits per heavy atom. The lowest BCUT2D eigenvalue weighted by molar-refractivity contribution is -0.466. The minimum atomic E-state index is -0.482. The second-order valence-corrected chi connectivity index (χ2v) is 19.8. The summed E-state index contributed by atoms with van der Waals surface area (Å²) in [7, 11) is 0. The minimum absolute atomic E-state index is 0.0430. The van der Waals surface area contributed by atoms with Gasteiger partial charge in [0, 0.05) is 68.3 Å². The Balaban J connectivity index is 0.000000191. The summed E-state index contributed by atoms with van der Waals surface area (Å²) < 4.78 is 0. The summed E-state index contributed by atoms with van der Waals surface area (Å²) in [5, 5.41) is 1.50. The van der Waals surface area contributed by atoms with Crippen LogP contribution < -0.4 is 24.6 Å². The summed E-state index contributed by atoms with van der Waals surface area (Å²) in [6, 6.07) is 105. The maximum Gasteiger partial charge on any atom is 0.305 e. The quantitative estimate of drug-likeness (QED) is 0.0705. The molecular weight excluding hydrogens is 1080 g/mol. The molecule has 0 heterocycles. The lowest BCUT2D eigenvalue weighted by Crippen LogP contribution is -2.31. The number of amides is 4. The van der Waals surface area contributed by atoms with E-state index in [1.54, 1.807) is 56.0 Å². The molecule has 0 N–H and O–H groups in total. The summed E-state index contributed by atoms with van der Waals surface area (Å²) in [6.45, 7) is 0. The van der Waals surface area contributed by atoms with Crippen molar-refractivity contribution in [3.63, 3.8) is 0 Å². The largest absolute Gasteiger partial charge is 0.305 e. The summed E-state index contributed by atoms with van der Waals surface area (Å²) in [4.78, 5) is 78.9. The number of anilines is 10. The van der Waals surface area contributed by atoms with Crippen LogP contribution in [0.2, 0.25) is 0 Å². The summed E-state index contributed by atoms with van der Waals surface area (Å²) in [5.41, 5.74) is 8.15. The molecule has 0 radical (unpaired) electrons. The van der Waals surface area contributed by atoms with Crippen molar-refractivity contribution in [2.24, 2.45) is 0 Å². The normalized spacial score (nSPS) is 10.5. The van der Waals surface area contributed by atoms with Crippen molar-refractivity contribution in [1.82, 2.24) is 0 Å². The fraction of sp³-hybridized carbons (Fsp3) is 0. The third kappa shape index (κ3) is 13.1. The third-order valence-corrected chi connectivity index (χ3v) is 14.2. The predicted molar refractivity (Wildman–Crippen MR) is 349 cm³/mol. The van der Waals surface area contributed by atoms with E-state index in [2.05, 4.69) is 0 Å². The molecule has 0 unspecified atom stereocenters. The molecule has 0 bridgehead atoms. The van der Waals surface area contributed by atoms with E-state index in [4.69, 9.17) is 0 Å². The molecule has 4 amide bonds. The highest BCUT2D eigenvalue weighted by Crippen LogP contribution is 2.37. The van der Waals surface area contributed by atoms with E-state index in [9.17, 15) is 19.3 Å². The molecule has 0 atom stereocenters. The van der Waals surface area contributed by atoms with Crippen LogP contribution in [0.5, 0.6) is 0 Å². The van der Waals surface area contributed by atoms with Gasteiger partial charge in [0.05, 0.1) is 4.91 Å². The van der Waals surface area contributed by atoms with Crippen LogP contribution in [0, 0.1) is 4.91 Å². The molecule has 12 aromatic rings. The van der Waals surface area contributed by atoms with E-state index >= 15 is 4.79 Å². The van der Waals surface area contributed by atoms with Crippen LogP contribution in [-0.2, 0) is 0 Å². The zero-order valence-corrected chi connectivity index (χ0v) is 47.1. The van der Waals surface area contributed by atoms with Gasteiger partial charge in [0.1, 0.15) is 16.9 Å². The van der Waals surface area contributed by atoms with Gasteiger partial charge in [-0.15, -0.1) is 0 Å². The Kier molecular flexibility index (Phi) is 17.8. The van der Waals surface area contributed by atoms with Gasteiger partial charge in [0.25, 0.3) is 23.6 Å². The predicted octanol–water partition coefficient (Wildman–Crippen LogP) is 18.5. The summed E-state index contributed by atoms with van der Waals surface area (Å²) >= 11 is 0. The highest BCUT2D eigenvalue weighted by Gasteiger charge is 2.36. The molecule has 12 aromatic carbocycles. The fourth-order valence-corrected chi connectivity index (χ4v) is 10.0. The number of carbonyl (C=O) groups is 4. The monoisotopic (exact) mass is 1130 g/mol. The number of hydrogen-bond donors (Lipinski definition) is 0. The van der Waals surface area contributed by atoms with Crippen LogP contribution in [-0.4, -0.2) is 28.5 Å². The van der Waals surface area contributed by atoms with Gasteiger partial charge < -0.3 is 0 Å². The average Bonchev–Trinajstić information content (AvgIpc) is 2.34. The van der Waals surface area contributed by atoms with E-state index in [1.807, 2.05) is 303 Å². The number of hydrazine groups is 1. The lowest BCUT2D eigenvalue weighted by atomic mass is 10.0. The lowest BCUT2D eigenvalue weighted by Gasteiger charge is -2.25. The highest BCUT2D eigenvalue weighted by molar-refractivity contribution is 6.17. The van der Waals surface area contributed by atoms with Gasteiger partial charge in [-0.25, -0.2) is 0 Å². The van der Waals surface area contributed by atoms with Crippen molar-refractivity contribution < 1.29 is 24.0 Å². The second kappa shape index (κ2) is 27.3. The first-order valence-corrected chi connectivity index (χ1v) is 28.2. The summed E-state index contributed by atoms with van der Waals surface area (Å²) in [5.74, 6) is -1.14. The van der Waals surface area contributed by atoms with Crippen molar-refractivity contribution in [3.05, 3.63) is 373 Å². The maximum atomic E-state index is 15.1. The first-order valence-electron chi connectivity index (χ1n) is 28.2. The molecule has 420 valence electrons. The maximum absolute atomic E-state index is 15.1. The van der Waals surface area contributed by atoms with Gasteiger partial charge in [-0.2, -0.15) is 0 Å². The van der Waals surface area contributed by atoms with E-state index in [0.29, 0.717) is 55.8 Å². The molecule has 11 heteroatoms. The molecule has 0 aliphatic heterocycles. The average molecular weight is 1130 g/mol. The minimum Gasteiger partial charge on any atom is -0.277 e. The molecule has 0 spiro atoms. The number of benzene rings is 12. The van der Waals surface area contributed by atoms with Crippen LogP contribution in [0.1, 0.15) is 41.4 Å². The summed E-state index contributed by atoms with van der Waals surface area (Å²) in [6.07, 6.45) is 0. The van der Waals surface area contributed by atoms with Gasteiger partial charge in [0.15, 0.2) is 4.87 Å². The molecule has 0 aliphatic rings. The smallest absolute Gasteiger partial charge is 0.277 e. The molecule has 0 saturated carbocycles. The number of carbonyl (C=O) groups excluding carboxylic acids is 4. The molecule has 0 aromatic heterocycles. The molecule has 0 saturated heterocycles. The third-order valence-electron chi connectivity index (χ3n) is 14.2. The van der Waals surface area contributed by atoms with E-state index < -0.39 is 5.91 Å². The Labute approximate surface area is 505 Å². The second-order valence-electron chi connectivity index (χ2n) is 19.8. The number of rotatable bonds is 16. The van der Waals surface area contributed by atoms with Gasteiger partial charge in [-0.1, -0.05) is 187 Å². The van der Waals surface area contributed by atoms with Gasteiger partial charge in [-0.05, 0) is 158 Å². The molecule has 87 heavy (non-hydrogen) atoms. The highest BCUT2D eigenvalue weighted by atomic mass is 16.3. The van der Waals surface area contributed by atoms with Crippen molar-refractivity contribution in [3.8, 4) is 0 Å². The van der Waals surface area contributed by atoms with Crippen molar-refractivity contribution in [2.45, 2.75) is 0 Å². The zero-order chi connectivity index (χ0) is 59.7. The van der Waals surface area contributed by atoms with Crippen LogP contribution in [0.15, 0.2) is 346 Å². The van der Waals surface area contributed by atoms with Crippen LogP contribution >= 0.6 is 0 Å². The first-order chi connectivity index (χ1) is 42.8. The van der Waals surface area contributed by atoms with Crippen LogP contribution in [0.25, 0.3) is 0 Å². The van der Waals surface area contributed by atoms with E-state index in [0.717, 1.165) is 17.1 Å². The van der Waals surface area contributed by atoms with Gasteiger partial charge in [0.2, 0.25) is 0 Å². The number of nitrogens with zero attached hydrogens (tertiary/aromatic N) is 6. The first kappa shape index (κ1) is 56.8.